The molecule has 0 fully saturated rings. The first-order valence-electron chi connectivity index (χ1n) is 4.81. The number of Topliss-reactive ketones (excluding diaryl/α,β-unsaturated/α-hetero) is 1. The van der Waals surface area contributed by atoms with E-state index in [4.69, 9.17) is 7.85 Å². The third kappa shape index (κ3) is 2.87. The second-order valence-corrected chi connectivity index (χ2v) is 3.42. The highest BCUT2D eigenvalue weighted by Gasteiger charge is 2.30. The van der Waals surface area contributed by atoms with Gasteiger partial charge in [0.2, 0.25) is 0 Å². The number of hydrogen-bond donors (Lipinski definition) is 0. The van der Waals surface area contributed by atoms with Crippen molar-refractivity contribution in [3.8, 4) is 0 Å². The van der Waals surface area contributed by atoms with E-state index in [1.807, 2.05) is 0 Å². The number of hydrogen-bond acceptors (Lipinski definition) is 1. The number of benzene rings is 1. The van der Waals surface area contributed by atoms with E-state index in [-0.39, 0.29) is 17.8 Å². The Kier molecular flexibility index (Phi) is 3.78. The molecule has 2 radical (unpaired) electrons. The molecule has 0 saturated heterocycles. The van der Waals surface area contributed by atoms with Crippen molar-refractivity contribution in [2.45, 2.75) is 25.3 Å². The molecule has 1 aromatic carbocycles. The largest absolute Gasteiger partial charge is 0.416 e. The Balaban J connectivity index is 3.04. The van der Waals surface area contributed by atoms with Crippen LogP contribution in [0.2, 0.25) is 0 Å². The van der Waals surface area contributed by atoms with Gasteiger partial charge in [-0.25, -0.2) is 0 Å². The molecule has 1 atom stereocenters. The Labute approximate surface area is 93.1 Å². The fourth-order valence-electron chi connectivity index (χ4n) is 1.31. The summed E-state index contributed by atoms with van der Waals surface area (Å²) in [5.41, 5.74) is -0.592. The molecule has 0 spiro atoms. The van der Waals surface area contributed by atoms with Crippen LogP contribution in [0.15, 0.2) is 24.3 Å². The van der Waals surface area contributed by atoms with Crippen molar-refractivity contribution in [1.29, 1.82) is 0 Å². The van der Waals surface area contributed by atoms with Crippen molar-refractivity contribution in [1.82, 2.24) is 0 Å². The molecule has 0 N–H and O–H groups in total. The maximum atomic E-state index is 12.4. The van der Waals surface area contributed by atoms with Crippen LogP contribution in [0.1, 0.15) is 30.3 Å². The highest BCUT2D eigenvalue weighted by molar-refractivity contribution is 6.24. The molecule has 16 heavy (non-hydrogen) atoms. The summed E-state index contributed by atoms with van der Waals surface area (Å²) in [5.74, 6) is -1.26. The van der Waals surface area contributed by atoms with Gasteiger partial charge >= 0.3 is 6.18 Å². The van der Waals surface area contributed by atoms with Gasteiger partial charge in [0, 0.05) is 12.2 Å². The summed E-state index contributed by atoms with van der Waals surface area (Å²) in [4.78, 5) is 11.3. The van der Waals surface area contributed by atoms with Crippen molar-refractivity contribution in [3.63, 3.8) is 0 Å². The van der Waals surface area contributed by atoms with Crippen LogP contribution in [0.3, 0.4) is 0 Å². The summed E-state index contributed by atoms with van der Waals surface area (Å²) in [6.07, 6.45) is -4.21. The van der Waals surface area contributed by atoms with Crippen molar-refractivity contribution in [2.75, 3.05) is 0 Å². The van der Waals surface area contributed by atoms with Crippen molar-refractivity contribution in [3.05, 3.63) is 35.4 Å². The lowest BCUT2D eigenvalue weighted by atomic mass is 9.77. The zero-order valence-corrected chi connectivity index (χ0v) is 8.71. The summed E-state index contributed by atoms with van der Waals surface area (Å²) in [5, 5.41) is 0. The fourth-order valence-corrected chi connectivity index (χ4v) is 1.31. The van der Waals surface area contributed by atoms with Crippen LogP contribution in [0, 0.1) is 0 Å². The Morgan fingerprint density at radius 3 is 2.56 bits per heavy atom. The maximum absolute atomic E-state index is 12.4. The highest BCUT2D eigenvalue weighted by atomic mass is 19.4. The quantitative estimate of drug-likeness (QED) is 0.724. The number of halogens is 3. The predicted molar refractivity (Wildman–Crippen MR) is 55.2 cm³/mol. The van der Waals surface area contributed by atoms with Crippen LogP contribution in [-0.4, -0.2) is 13.6 Å². The predicted octanol–water partition coefficient (Wildman–Crippen LogP) is 2.89. The van der Waals surface area contributed by atoms with Gasteiger partial charge in [0.05, 0.1) is 13.4 Å². The lowest BCUT2D eigenvalue weighted by molar-refractivity contribution is -0.137. The van der Waals surface area contributed by atoms with E-state index in [1.54, 1.807) is 6.92 Å². The van der Waals surface area contributed by atoms with Gasteiger partial charge in [-0.3, -0.25) is 4.79 Å². The molecule has 5 heteroatoms. The summed E-state index contributed by atoms with van der Waals surface area (Å²) in [6, 6.07) is 4.54. The van der Waals surface area contributed by atoms with Crippen LogP contribution in [0.4, 0.5) is 13.2 Å². The smallest absolute Gasteiger partial charge is 0.300 e. The number of carbonyl (C=O) groups excluding carboxylic acids is 1. The van der Waals surface area contributed by atoms with Gasteiger partial charge in [0.15, 0.2) is 0 Å². The van der Waals surface area contributed by atoms with Crippen molar-refractivity contribution in [2.24, 2.45) is 0 Å². The molecule has 0 aliphatic heterocycles. The van der Waals surface area contributed by atoms with E-state index < -0.39 is 17.6 Å². The molecule has 1 rings (SSSR count). The Bertz CT molecular complexity index is 387. The van der Waals surface area contributed by atoms with Gasteiger partial charge in [-0.2, -0.15) is 13.2 Å². The molecular weight excluding hydrogens is 216 g/mol. The van der Waals surface area contributed by atoms with E-state index in [1.165, 1.54) is 12.1 Å². The SMILES string of the molecule is [B]C(C(=O)CC)c1cccc(C(F)(F)F)c1. The maximum Gasteiger partial charge on any atom is 0.416 e. The molecule has 1 unspecified atom stereocenters. The molecule has 0 bridgehead atoms. The normalized spacial score (nSPS) is 13.5. The lowest BCUT2D eigenvalue weighted by Crippen LogP contribution is -2.13. The van der Waals surface area contributed by atoms with Gasteiger partial charge in [-0.15, -0.1) is 0 Å². The van der Waals surface area contributed by atoms with E-state index in [2.05, 4.69) is 0 Å². The minimum absolute atomic E-state index is 0.196. The van der Waals surface area contributed by atoms with E-state index in [9.17, 15) is 18.0 Å². The monoisotopic (exact) mass is 226 g/mol. The average Bonchev–Trinajstić information content (AvgIpc) is 2.26. The zero-order chi connectivity index (χ0) is 12.3. The highest BCUT2D eigenvalue weighted by Crippen LogP contribution is 2.30. The van der Waals surface area contributed by atoms with Gasteiger partial charge in [0.1, 0.15) is 5.78 Å². The molecule has 1 nitrogen and oxygen atoms in total. The lowest BCUT2D eigenvalue weighted by Gasteiger charge is -2.13. The number of ketones is 1. The standard InChI is InChI=1S/C11H10BF3O/c1-2-9(16)10(12)7-4-3-5-8(6-7)11(13,14)15/h3-6,10H,2H2,1H3. The zero-order valence-electron chi connectivity index (χ0n) is 8.71. The third-order valence-electron chi connectivity index (χ3n) is 2.27. The van der Waals surface area contributed by atoms with Crippen LogP contribution < -0.4 is 0 Å². The summed E-state index contributed by atoms with van der Waals surface area (Å²) < 4.78 is 37.2. The van der Waals surface area contributed by atoms with E-state index in [0.717, 1.165) is 12.1 Å². The number of rotatable bonds is 3. The average molecular weight is 226 g/mol. The van der Waals surface area contributed by atoms with E-state index in [0.29, 0.717) is 0 Å². The van der Waals surface area contributed by atoms with Gasteiger partial charge in [-0.05, 0) is 11.6 Å². The Hall–Kier alpha value is -1.26. The van der Waals surface area contributed by atoms with Gasteiger partial charge in [0.25, 0.3) is 0 Å². The minimum Gasteiger partial charge on any atom is -0.300 e. The van der Waals surface area contributed by atoms with E-state index >= 15 is 0 Å². The summed E-state index contributed by atoms with van der Waals surface area (Å²) in [6.45, 7) is 1.62. The first kappa shape index (κ1) is 12.8. The third-order valence-corrected chi connectivity index (χ3v) is 2.27. The van der Waals surface area contributed by atoms with Crippen molar-refractivity contribution >= 4 is 13.6 Å². The molecule has 0 amide bonds. The Morgan fingerprint density at radius 2 is 2.06 bits per heavy atom. The Morgan fingerprint density at radius 1 is 1.44 bits per heavy atom. The molecule has 84 valence electrons. The van der Waals surface area contributed by atoms with Crippen LogP contribution in [0.25, 0.3) is 0 Å². The van der Waals surface area contributed by atoms with Crippen LogP contribution in [0.5, 0.6) is 0 Å². The van der Waals surface area contributed by atoms with Gasteiger partial charge < -0.3 is 0 Å². The minimum atomic E-state index is -4.41. The van der Waals surface area contributed by atoms with Crippen LogP contribution >= 0.6 is 0 Å². The molecular formula is C11H10BF3O. The molecule has 0 aromatic heterocycles. The molecule has 0 aliphatic rings. The topological polar surface area (TPSA) is 17.1 Å². The number of alkyl halides is 3. The molecule has 0 aliphatic carbocycles. The van der Waals surface area contributed by atoms with Crippen LogP contribution in [-0.2, 0) is 11.0 Å². The molecule has 0 heterocycles. The summed E-state index contributed by atoms with van der Waals surface area (Å²) in [7, 11) is 5.54. The first-order chi connectivity index (χ1) is 7.36. The first-order valence-corrected chi connectivity index (χ1v) is 4.81. The second-order valence-electron chi connectivity index (χ2n) is 3.42. The number of carbonyl (C=O) groups is 1. The van der Waals surface area contributed by atoms with Crippen molar-refractivity contribution < 1.29 is 18.0 Å². The second kappa shape index (κ2) is 4.72. The molecule has 1 aromatic rings. The summed E-state index contributed by atoms with van der Waals surface area (Å²) >= 11 is 0. The fraction of sp³-hybridized carbons (Fsp3) is 0.364. The molecule has 0 saturated carbocycles. The van der Waals surface area contributed by atoms with Gasteiger partial charge in [-0.1, -0.05) is 25.1 Å².